The standard InChI is InChI=1S/C74H144O17P2/c1-6-10-13-16-19-22-24-26-27-28-29-30-31-32-33-34-35-37-40-43-49-54-59-73(78)90-69(63-85-72(77)58-53-48-42-39-36-25-23-20-17-14-11-7-2)65-88-92(80,81)86-61-68(75)62-87-93(82,83)89-66-70(64-84-71(76)57-52-47-41-38-21-18-15-12-8-3)91-74(79)60-55-50-45-44-46-51-56-67(5)9-4/h67-70,75H,6-66H2,1-5H3,(H,80,81)(H,82,83)/t67?,68-,69-,70-/m1/s1. The minimum atomic E-state index is -4.95. The summed E-state index contributed by atoms with van der Waals surface area (Å²) in [6.07, 6.45) is 55.7. The van der Waals surface area contributed by atoms with Crippen LogP contribution in [0.25, 0.3) is 0 Å². The molecule has 0 amide bonds. The van der Waals surface area contributed by atoms with Crippen molar-refractivity contribution in [3.63, 3.8) is 0 Å². The number of carbonyl (C=O) groups is 4. The van der Waals surface area contributed by atoms with Crippen LogP contribution in [0.3, 0.4) is 0 Å². The highest BCUT2D eigenvalue weighted by Crippen LogP contribution is 2.45. The van der Waals surface area contributed by atoms with Gasteiger partial charge in [-0.1, -0.05) is 336 Å². The van der Waals surface area contributed by atoms with Crippen LogP contribution in [0.15, 0.2) is 0 Å². The van der Waals surface area contributed by atoms with E-state index in [1.54, 1.807) is 0 Å². The molecule has 0 aliphatic rings. The first-order valence-electron chi connectivity index (χ1n) is 38.7. The van der Waals surface area contributed by atoms with Gasteiger partial charge in [0.25, 0.3) is 0 Å². The molecule has 19 heteroatoms. The topological polar surface area (TPSA) is 237 Å². The zero-order valence-electron chi connectivity index (χ0n) is 60.4. The van der Waals surface area contributed by atoms with E-state index in [4.69, 9.17) is 37.0 Å². The summed E-state index contributed by atoms with van der Waals surface area (Å²) in [7, 11) is -9.90. The second-order valence-corrected chi connectivity index (χ2v) is 29.8. The molecule has 0 aliphatic heterocycles. The quantitative estimate of drug-likeness (QED) is 0.0222. The molecular formula is C74H144O17P2. The fourth-order valence-corrected chi connectivity index (χ4v) is 12.9. The Morgan fingerprint density at radius 3 is 0.763 bits per heavy atom. The smallest absolute Gasteiger partial charge is 0.462 e. The Kier molecular flexibility index (Phi) is 65.9. The van der Waals surface area contributed by atoms with E-state index in [0.29, 0.717) is 25.7 Å². The van der Waals surface area contributed by atoms with E-state index in [0.717, 1.165) is 95.8 Å². The highest BCUT2D eigenvalue weighted by atomic mass is 31.2. The first-order chi connectivity index (χ1) is 45.1. The average molecular weight is 1370 g/mol. The first kappa shape index (κ1) is 91.1. The number of unbranched alkanes of at least 4 members (excludes halogenated alkanes) is 45. The maximum absolute atomic E-state index is 13.1. The number of aliphatic hydroxyl groups excluding tert-OH is 1. The Balaban J connectivity index is 5.15. The molecule has 0 fully saturated rings. The van der Waals surface area contributed by atoms with E-state index in [2.05, 4.69) is 34.6 Å². The molecule has 3 N–H and O–H groups in total. The van der Waals surface area contributed by atoms with Crippen molar-refractivity contribution in [1.29, 1.82) is 0 Å². The number of carbonyl (C=O) groups excluding carboxylic acids is 4. The van der Waals surface area contributed by atoms with Crippen LogP contribution in [0.1, 0.15) is 388 Å². The molecule has 0 heterocycles. The fourth-order valence-electron chi connectivity index (χ4n) is 11.3. The van der Waals surface area contributed by atoms with E-state index < -0.39 is 97.5 Å². The van der Waals surface area contributed by atoms with Crippen molar-refractivity contribution in [2.45, 2.75) is 406 Å². The van der Waals surface area contributed by atoms with Gasteiger partial charge in [-0.15, -0.1) is 0 Å². The number of phosphoric ester groups is 2. The van der Waals surface area contributed by atoms with E-state index in [1.165, 1.54) is 212 Å². The molecule has 17 nitrogen and oxygen atoms in total. The third kappa shape index (κ3) is 67.0. The summed E-state index contributed by atoms with van der Waals surface area (Å²) in [6.45, 7) is 7.20. The van der Waals surface area contributed by atoms with Crippen LogP contribution in [0, 0.1) is 5.92 Å². The fraction of sp³-hybridized carbons (Fsp3) is 0.946. The van der Waals surface area contributed by atoms with Crippen LogP contribution < -0.4 is 0 Å². The Bertz CT molecular complexity index is 1790. The van der Waals surface area contributed by atoms with Crippen LogP contribution in [0.4, 0.5) is 0 Å². The molecule has 0 aliphatic carbocycles. The highest BCUT2D eigenvalue weighted by Gasteiger charge is 2.30. The van der Waals surface area contributed by atoms with Crippen molar-refractivity contribution in [3.8, 4) is 0 Å². The molecule has 0 saturated carbocycles. The van der Waals surface area contributed by atoms with E-state index >= 15 is 0 Å². The molecule has 0 aromatic carbocycles. The molecular weight excluding hydrogens is 1220 g/mol. The zero-order chi connectivity index (χ0) is 68.4. The van der Waals surface area contributed by atoms with Crippen molar-refractivity contribution >= 4 is 39.5 Å². The molecule has 93 heavy (non-hydrogen) atoms. The van der Waals surface area contributed by atoms with Crippen molar-refractivity contribution in [3.05, 3.63) is 0 Å². The third-order valence-corrected chi connectivity index (χ3v) is 19.5. The van der Waals surface area contributed by atoms with Gasteiger partial charge in [-0.2, -0.15) is 0 Å². The van der Waals surface area contributed by atoms with Gasteiger partial charge in [-0.25, -0.2) is 9.13 Å². The summed E-state index contributed by atoms with van der Waals surface area (Å²) in [5.41, 5.74) is 0. The molecule has 0 bridgehead atoms. The zero-order valence-corrected chi connectivity index (χ0v) is 62.2. The number of esters is 4. The number of hydrogen-bond acceptors (Lipinski definition) is 15. The average Bonchev–Trinajstić information content (AvgIpc) is 3.17. The van der Waals surface area contributed by atoms with Crippen LogP contribution >= 0.6 is 15.6 Å². The van der Waals surface area contributed by atoms with Gasteiger partial charge in [-0.05, 0) is 31.6 Å². The lowest BCUT2D eigenvalue weighted by atomic mass is 10.00. The van der Waals surface area contributed by atoms with E-state index in [9.17, 15) is 43.2 Å². The summed E-state index contributed by atoms with van der Waals surface area (Å²) >= 11 is 0. The van der Waals surface area contributed by atoms with Crippen LogP contribution in [-0.2, 0) is 65.4 Å². The Morgan fingerprint density at radius 1 is 0.301 bits per heavy atom. The minimum absolute atomic E-state index is 0.103. The molecule has 0 aromatic rings. The van der Waals surface area contributed by atoms with Gasteiger partial charge < -0.3 is 33.8 Å². The lowest BCUT2D eigenvalue weighted by Crippen LogP contribution is -2.30. The highest BCUT2D eigenvalue weighted by molar-refractivity contribution is 7.47. The van der Waals surface area contributed by atoms with Crippen LogP contribution in [0.5, 0.6) is 0 Å². The van der Waals surface area contributed by atoms with Crippen molar-refractivity contribution in [2.75, 3.05) is 39.6 Å². The molecule has 3 unspecified atom stereocenters. The second kappa shape index (κ2) is 67.3. The van der Waals surface area contributed by atoms with Gasteiger partial charge in [0.1, 0.15) is 19.3 Å². The lowest BCUT2D eigenvalue weighted by molar-refractivity contribution is -0.161. The van der Waals surface area contributed by atoms with Gasteiger partial charge >= 0.3 is 39.5 Å². The first-order valence-corrected chi connectivity index (χ1v) is 41.7. The van der Waals surface area contributed by atoms with Crippen molar-refractivity contribution in [2.24, 2.45) is 5.92 Å². The Labute approximate surface area is 568 Å². The van der Waals surface area contributed by atoms with Gasteiger partial charge in [-0.3, -0.25) is 37.3 Å². The Morgan fingerprint density at radius 2 is 0.516 bits per heavy atom. The maximum atomic E-state index is 13.1. The number of rotatable bonds is 74. The number of hydrogen-bond donors (Lipinski definition) is 3. The van der Waals surface area contributed by atoms with Gasteiger partial charge in [0.05, 0.1) is 26.4 Å². The normalized spacial score (nSPS) is 14.3. The van der Waals surface area contributed by atoms with E-state index in [1.807, 2.05) is 0 Å². The minimum Gasteiger partial charge on any atom is -0.462 e. The summed E-state index contributed by atoms with van der Waals surface area (Å²) < 4.78 is 68.3. The molecule has 0 spiro atoms. The number of ether oxygens (including phenoxy) is 4. The van der Waals surface area contributed by atoms with Crippen molar-refractivity contribution in [1.82, 2.24) is 0 Å². The largest absolute Gasteiger partial charge is 0.472 e. The summed E-state index contributed by atoms with van der Waals surface area (Å²) in [5.74, 6) is -1.40. The number of phosphoric acid groups is 2. The molecule has 6 atom stereocenters. The Hall–Kier alpha value is -1.94. The maximum Gasteiger partial charge on any atom is 0.472 e. The summed E-state index contributed by atoms with van der Waals surface area (Å²) in [4.78, 5) is 72.6. The summed E-state index contributed by atoms with van der Waals surface area (Å²) in [5, 5.41) is 10.6. The molecule has 0 rings (SSSR count). The van der Waals surface area contributed by atoms with Crippen LogP contribution in [-0.4, -0.2) is 96.7 Å². The summed E-state index contributed by atoms with van der Waals surface area (Å²) in [6, 6.07) is 0. The lowest BCUT2D eigenvalue weighted by Gasteiger charge is -2.21. The molecule has 552 valence electrons. The van der Waals surface area contributed by atoms with Crippen molar-refractivity contribution < 1.29 is 80.2 Å². The second-order valence-electron chi connectivity index (χ2n) is 26.9. The number of aliphatic hydroxyl groups is 1. The monoisotopic (exact) mass is 1370 g/mol. The molecule has 0 radical (unpaired) electrons. The third-order valence-electron chi connectivity index (χ3n) is 17.6. The molecule has 0 saturated heterocycles. The molecule has 0 aromatic heterocycles. The SMILES string of the molecule is CCCCCCCCCCCCCCCCCCCCCCCCC(=O)O[C@H](COC(=O)CCCCCCCCCCCCCC)COP(=O)(O)OC[C@@H](O)COP(=O)(O)OC[C@@H](COC(=O)CCCCCCCCCCC)OC(=O)CCCCCCCCC(C)CC. The van der Waals surface area contributed by atoms with Crippen LogP contribution in [0.2, 0.25) is 0 Å². The predicted molar refractivity (Wildman–Crippen MR) is 377 cm³/mol. The van der Waals surface area contributed by atoms with E-state index in [-0.39, 0.29) is 25.7 Å². The predicted octanol–water partition coefficient (Wildman–Crippen LogP) is 21.7. The van der Waals surface area contributed by atoms with Gasteiger partial charge in [0.15, 0.2) is 12.2 Å². The van der Waals surface area contributed by atoms with Gasteiger partial charge in [0.2, 0.25) is 0 Å². The van der Waals surface area contributed by atoms with Gasteiger partial charge in [0, 0.05) is 25.7 Å².